The molecule has 3 saturated heterocycles. The van der Waals surface area contributed by atoms with E-state index in [0.29, 0.717) is 24.0 Å². The molecule has 0 spiro atoms. The van der Waals surface area contributed by atoms with Gasteiger partial charge in [-0.15, -0.1) is 0 Å². The molecule has 6 atom stereocenters. The average molecular weight is 321 g/mol. The normalized spacial score (nSPS) is 46.4. The monoisotopic (exact) mass is 321 g/mol. The van der Waals surface area contributed by atoms with Crippen LogP contribution in [0.3, 0.4) is 0 Å². The van der Waals surface area contributed by atoms with E-state index in [1.165, 1.54) is 19.3 Å². The maximum atomic E-state index is 11.9. The highest BCUT2D eigenvalue weighted by Crippen LogP contribution is 2.50. The molecule has 4 rings (SSSR count). The van der Waals surface area contributed by atoms with Crippen LogP contribution in [0.1, 0.15) is 47.0 Å². The molecule has 0 bridgehead atoms. The van der Waals surface area contributed by atoms with E-state index in [0.717, 1.165) is 19.0 Å². The summed E-state index contributed by atoms with van der Waals surface area (Å²) in [5.74, 6) is 2.06. The van der Waals surface area contributed by atoms with Gasteiger partial charge in [-0.25, -0.2) is 5.01 Å². The maximum Gasteiger partial charge on any atom is 0.233 e. The lowest BCUT2D eigenvalue weighted by atomic mass is 9.70. The molecule has 0 aromatic carbocycles. The van der Waals surface area contributed by atoms with Crippen molar-refractivity contribution < 1.29 is 9.53 Å². The molecule has 0 unspecified atom stereocenters. The van der Waals surface area contributed by atoms with Crippen LogP contribution in [0.25, 0.3) is 0 Å². The standard InChI is InChI=1S/C18H31N3O2/c1-11-6-7-14-15(8-11)23-17-16-13(9-20(17)18(14,3)4)10-21(12(2)22)19(16)5/h11,13-17H,6-10H2,1-5H3/t11-,13+,14-,15-,16-,17+/m1/s1. The van der Waals surface area contributed by atoms with E-state index in [2.05, 4.69) is 37.7 Å². The molecule has 4 fully saturated rings. The summed E-state index contributed by atoms with van der Waals surface area (Å²) in [6.45, 7) is 10.7. The van der Waals surface area contributed by atoms with E-state index >= 15 is 0 Å². The second kappa shape index (κ2) is 5.17. The largest absolute Gasteiger partial charge is 0.358 e. The molecule has 5 heteroatoms. The van der Waals surface area contributed by atoms with Crippen molar-refractivity contribution in [1.82, 2.24) is 14.9 Å². The predicted octanol–water partition coefficient (Wildman–Crippen LogP) is 1.94. The van der Waals surface area contributed by atoms with Gasteiger partial charge in [-0.3, -0.25) is 14.7 Å². The molecule has 3 heterocycles. The number of rotatable bonds is 0. The van der Waals surface area contributed by atoms with Gasteiger partial charge in [-0.05, 0) is 32.6 Å². The number of amides is 1. The van der Waals surface area contributed by atoms with Gasteiger partial charge in [0.05, 0.1) is 12.1 Å². The number of carbonyl (C=O) groups excluding carboxylic acids is 1. The Kier molecular flexibility index (Phi) is 3.56. The topological polar surface area (TPSA) is 36.0 Å². The molecule has 1 amide bonds. The number of fused-ring (bicyclic) bond motifs is 4. The lowest BCUT2D eigenvalue weighted by Crippen LogP contribution is -2.65. The van der Waals surface area contributed by atoms with Crippen molar-refractivity contribution in [3.8, 4) is 0 Å². The molecule has 0 aromatic rings. The number of ether oxygens (including phenoxy) is 1. The summed E-state index contributed by atoms with van der Waals surface area (Å²) in [6, 6.07) is 0.316. The van der Waals surface area contributed by atoms with Crippen LogP contribution in [0, 0.1) is 17.8 Å². The van der Waals surface area contributed by atoms with E-state index in [-0.39, 0.29) is 17.7 Å². The Balaban J connectivity index is 1.62. The van der Waals surface area contributed by atoms with E-state index < -0.39 is 0 Å². The van der Waals surface area contributed by atoms with Crippen molar-refractivity contribution in [3.05, 3.63) is 0 Å². The second-order valence-corrected chi connectivity index (χ2v) is 8.82. The fourth-order valence-corrected chi connectivity index (χ4v) is 5.80. The van der Waals surface area contributed by atoms with Crippen molar-refractivity contribution in [2.24, 2.45) is 17.8 Å². The lowest BCUT2D eigenvalue weighted by molar-refractivity contribution is -0.236. The summed E-state index contributed by atoms with van der Waals surface area (Å²) < 4.78 is 6.68. The van der Waals surface area contributed by atoms with Gasteiger partial charge in [-0.1, -0.05) is 13.3 Å². The molecule has 130 valence electrons. The SMILES string of the molecule is CC(=O)N1C[C@@H]2CN3[C@@H](O[C@@H]4C[C@H](C)CC[C@H]4C3(C)C)[C@@H]2N1C. The summed E-state index contributed by atoms with van der Waals surface area (Å²) in [5, 5.41) is 4.05. The number of likely N-dealkylation sites (N-methyl/N-ethyl adjacent to an activating group) is 1. The summed E-state index contributed by atoms with van der Waals surface area (Å²) in [5.41, 5.74) is 0.194. The predicted molar refractivity (Wildman–Crippen MR) is 88.4 cm³/mol. The maximum absolute atomic E-state index is 11.9. The molecule has 1 saturated carbocycles. The Morgan fingerprint density at radius 1 is 1.22 bits per heavy atom. The molecule has 1 aliphatic carbocycles. The van der Waals surface area contributed by atoms with E-state index in [1.807, 2.05) is 5.01 Å². The van der Waals surface area contributed by atoms with E-state index in [1.54, 1.807) is 6.92 Å². The molecular weight excluding hydrogens is 290 g/mol. The second-order valence-electron chi connectivity index (χ2n) is 8.82. The van der Waals surface area contributed by atoms with Crippen LogP contribution < -0.4 is 0 Å². The first kappa shape index (κ1) is 15.9. The molecular formula is C18H31N3O2. The fraction of sp³-hybridized carbons (Fsp3) is 0.944. The number of hydrazine groups is 1. The number of hydrogen-bond acceptors (Lipinski definition) is 4. The molecule has 0 aromatic heterocycles. The van der Waals surface area contributed by atoms with Gasteiger partial charge < -0.3 is 4.74 Å². The average Bonchev–Trinajstić information content (AvgIpc) is 2.97. The van der Waals surface area contributed by atoms with Gasteiger partial charge in [0.15, 0.2) is 0 Å². The fourth-order valence-electron chi connectivity index (χ4n) is 5.80. The zero-order valence-corrected chi connectivity index (χ0v) is 15.2. The van der Waals surface area contributed by atoms with Crippen LogP contribution in [-0.2, 0) is 9.53 Å². The minimum absolute atomic E-state index is 0.135. The summed E-state index contributed by atoms with van der Waals surface area (Å²) in [7, 11) is 2.06. The van der Waals surface area contributed by atoms with Gasteiger partial charge >= 0.3 is 0 Å². The highest BCUT2D eigenvalue weighted by atomic mass is 16.5. The number of nitrogens with zero attached hydrogens (tertiary/aromatic N) is 3. The Bertz CT molecular complexity index is 508. The third-order valence-electron chi connectivity index (χ3n) is 7.11. The Labute approximate surface area is 139 Å². The molecule has 3 aliphatic heterocycles. The molecule has 4 aliphatic rings. The van der Waals surface area contributed by atoms with Crippen molar-refractivity contribution in [1.29, 1.82) is 0 Å². The first-order valence-electron chi connectivity index (χ1n) is 9.23. The zero-order chi connectivity index (χ0) is 16.5. The third kappa shape index (κ3) is 2.19. The third-order valence-corrected chi connectivity index (χ3v) is 7.11. The minimum atomic E-state index is 0.135. The van der Waals surface area contributed by atoms with Crippen LogP contribution in [0.5, 0.6) is 0 Å². The summed E-state index contributed by atoms with van der Waals surface area (Å²) in [4.78, 5) is 14.5. The Morgan fingerprint density at radius 2 is 1.96 bits per heavy atom. The van der Waals surface area contributed by atoms with E-state index in [4.69, 9.17) is 4.74 Å². The van der Waals surface area contributed by atoms with Crippen molar-refractivity contribution in [2.45, 2.75) is 70.9 Å². The summed E-state index contributed by atoms with van der Waals surface area (Å²) in [6.07, 6.45) is 4.32. The van der Waals surface area contributed by atoms with Crippen LogP contribution in [0.2, 0.25) is 0 Å². The van der Waals surface area contributed by atoms with Gasteiger partial charge in [0.1, 0.15) is 6.23 Å². The molecule has 0 N–H and O–H groups in total. The van der Waals surface area contributed by atoms with E-state index in [9.17, 15) is 4.79 Å². The number of carbonyl (C=O) groups is 1. The van der Waals surface area contributed by atoms with Gasteiger partial charge in [0, 0.05) is 44.4 Å². The molecule has 0 radical (unpaired) electrons. The van der Waals surface area contributed by atoms with Crippen LogP contribution >= 0.6 is 0 Å². The lowest BCUT2D eigenvalue weighted by Gasteiger charge is -2.56. The van der Waals surface area contributed by atoms with Crippen molar-refractivity contribution >= 4 is 5.91 Å². The molecule has 5 nitrogen and oxygen atoms in total. The Morgan fingerprint density at radius 3 is 2.65 bits per heavy atom. The number of hydrogen-bond donors (Lipinski definition) is 0. The minimum Gasteiger partial charge on any atom is -0.358 e. The van der Waals surface area contributed by atoms with Crippen LogP contribution in [0.15, 0.2) is 0 Å². The first-order valence-corrected chi connectivity index (χ1v) is 9.23. The first-order chi connectivity index (χ1) is 10.8. The van der Waals surface area contributed by atoms with Gasteiger partial charge in [0.2, 0.25) is 5.91 Å². The highest BCUT2D eigenvalue weighted by molar-refractivity contribution is 5.73. The summed E-state index contributed by atoms with van der Waals surface area (Å²) >= 11 is 0. The van der Waals surface area contributed by atoms with Crippen LogP contribution in [0.4, 0.5) is 0 Å². The quantitative estimate of drug-likeness (QED) is 0.683. The van der Waals surface area contributed by atoms with Gasteiger partial charge in [0.25, 0.3) is 0 Å². The highest BCUT2D eigenvalue weighted by Gasteiger charge is 2.60. The molecule has 23 heavy (non-hydrogen) atoms. The zero-order valence-electron chi connectivity index (χ0n) is 15.2. The van der Waals surface area contributed by atoms with Crippen molar-refractivity contribution in [3.63, 3.8) is 0 Å². The Hall–Kier alpha value is -0.650. The van der Waals surface area contributed by atoms with Crippen molar-refractivity contribution in [2.75, 3.05) is 20.1 Å². The van der Waals surface area contributed by atoms with Crippen LogP contribution in [-0.4, -0.2) is 64.9 Å². The smallest absolute Gasteiger partial charge is 0.233 e. The van der Waals surface area contributed by atoms with Gasteiger partial charge in [-0.2, -0.15) is 0 Å².